The fraction of sp³-hybridized carbons (Fsp3) is 0.222. The molecule has 0 saturated carbocycles. The number of nitrogens with one attached hydrogen (secondary N) is 2. The summed E-state index contributed by atoms with van der Waals surface area (Å²) in [6, 6.07) is 9.65. The van der Waals surface area contributed by atoms with Gasteiger partial charge in [0.2, 0.25) is 15.9 Å². The van der Waals surface area contributed by atoms with Gasteiger partial charge < -0.3 is 15.4 Å². The van der Waals surface area contributed by atoms with E-state index in [0.29, 0.717) is 29.8 Å². The van der Waals surface area contributed by atoms with Crippen molar-refractivity contribution >= 4 is 33.2 Å². The molecule has 2 amide bonds. The van der Waals surface area contributed by atoms with Crippen LogP contribution in [-0.2, 0) is 26.0 Å². The lowest BCUT2D eigenvalue weighted by Gasteiger charge is -2.17. The van der Waals surface area contributed by atoms with Gasteiger partial charge in [0.15, 0.2) is 6.61 Å². The molecule has 0 bridgehead atoms. The number of hydrogen-bond donors (Lipinski definition) is 3. The van der Waals surface area contributed by atoms with Gasteiger partial charge in [-0.2, -0.15) is 0 Å². The summed E-state index contributed by atoms with van der Waals surface area (Å²) in [5.74, 6) is 0.0481. The van der Waals surface area contributed by atoms with Crippen molar-refractivity contribution in [2.24, 2.45) is 5.14 Å². The number of benzene rings is 2. The molecule has 27 heavy (non-hydrogen) atoms. The third-order valence-electron chi connectivity index (χ3n) is 4.12. The van der Waals surface area contributed by atoms with Gasteiger partial charge in [-0.25, -0.2) is 13.6 Å². The van der Waals surface area contributed by atoms with Gasteiger partial charge in [-0.05, 0) is 54.8 Å². The standard InChI is InChI=1S/C18H19N3O5S/c1-11-2-4-13(9-16(11)27(19,24)25)20-18(23)10-26-14-5-6-15-12(8-14)3-7-17(22)21-15/h2,4-6,8-9H,3,7,10H2,1H3,(H,20,23)(H,21,22)(H2,19,24,25). The predicted molar refractivity (Wildman–Crippen MR) is 100 cm³/mol. The van der Waals surface area contributed by atoms with Gasteiger partial charge in [0, 0.05) is 17.8 Å². The zero-order valence-electron chi connectivity index (χ0n) is 14.6. The first-order valence-corrected chi connectivity index (χ1v) is 9.76. The van der Waals surface area contributed by atoms with E-state index in [0.717, 1.165) is 11.3 Å². The topological polar surface area (TPSA) is 128 Å². The molecule has 1 aliphatic rings. The Morgan fingerprint density at radius 1 is 1.22 bits per heavy atom. The molecule has 0 saturated heterocycles. The van der Waals surface area contributed by atoms with Crippen LogP contribution in [0.2, 0.25) is 0 Å². The van der Waals surface area contributed by atoms with E-state index < -0.39 is 15.9 Å². The van der Waals surface area contributed by atoms with Gasteiger partial charge in [0.05, 0.1) is 4.90 Å². The summed E-state index contributed by atoms with van der Waals surface area (Å²) >= 11 is 0. The number of primary sulfonamides is 1. The van der Waals surface area contributed by atoms with Crippen molar-refractivity contribution < 1.29 is 22.7 Å². The number of carbonyl (C=O) groups is 2. The van der Waals surface area contributed by atoms with Crippen LogP contribution < -0.4 is 20.5 Å². The van der Waals surface area contributed by atoms with Gasteiger partial charge in [0.1, 0.15) is 5.75 Å². The minimum Gasteiger partial charge on any atom is -0.484 e. The van der Waals surface area contributed by atoms with Crippen molar-refractivity contribution in [2.75, 3.05) is 17.2 Å². The van der Waals surface area contributed by atoms with Gasteiger partial charge in [-0.15, -0.1) is 0 Å². The third kappa shape index (κ3) is 4.63. The van der Waals surface area contributed by atoms with Gasteiger partial charge in [-0.3, -0.25) is 9.59 Å². The summed E-state index contributed by atoms with van der Waals surface area (Å²) in [7, 11) is -3.87. The highest BCUT2D eigenvalue weighted by Gasteiger charge is 2.16. The molecule has 0 unspecified atom stereocenters. The summed E-state index contributed by atoms with van der Waals surface area (Å²) < 4.78 is 28.6. The second-order valence-electron chi connectivity index (χ2n) is 6.23. The Labute approximate surface area is 156 Å². The maximum Gasteiger partial charge on any atom is 0.262 e. The molecule has 1 aliphatic heterocycles. The van der Waals surface area contributed by atoms with E-state index >= 15 is 0 Å². The Bertz CT molecular complexity index is 1020. The van der Waals surface area contributed by atoms with Crippen LogP contribution in [0.1, 0.15) is 17.5 Å². The van der Waals surface area contributed by atoms with Crippen molar-refractivity contribution in [1.29, 1.82) is 0 Å². The highest BCUT2D eigenvalue weighted by molar-refractivity contribution is 7.89. The summed E-state index contributed by atoms with van der Waals surface area (Å²) in [5, 5.41) is 10.5. The summed E-state index contributed by atoms with van der Waals surface area (Å²) in [5.41, 5.74) is 2.50. The number of hydrogen-bond acceptors (Lipinski definition) is 5. The molecule has 0 aliphatic carbocycles. The molecule has 8 nitrogen and oxygen atoms in total. The molecule has 0 atom stereocenters. The smallest absolute Gasteiger partial charge is 0.262 e. The molecule has 142 valence electrons. The van der Waals surface area contributed by atoms with Crippen molar-refractivity contribution in [3.8, 4) is 5.75 Å². The fourth-order valence-electron chi connectivity index (χ4n) is 2.78. The number of nitrogens with two attached hydrogens (primary N) is 1. The third-order valence-corrected chi connectivity index (χ3v) is 5.17. The normalized spacial score (nSPS) is 13.5. The molecule has 2 aromatic rings. The van der Waals surface area contributed by atoms with E-state index in [1.165, 1.54) is 6.07 Å². The van der Waals surface area contributed by atoms with E-state index in [2.05, 4.69) is 10.6 Å². The van der Waals surface area contributed by atoms with E-state index in [4.69, 9.17) is 9.88 Å². The second-order valence-corrected chi connectivity index (χ2v) is 7.76. The highest BCUT2D eigenvalue weighted by Crippen LogP contribution is 2.26. The Balaban J connectivity index is 1.63. The predicted octanol–water partition coefficient (Wildman–Crippen LogP) is 1.54. The lowest BCUT2D eigenvalue weighted by molar-refractivity contribution is -0.118. The first-order chi connectivity index (χ1) is 12.7. The molecule has 0 spiro atoms. The molecule has 1 heterocycles. The summed E-state index contributed by atoms with van der Waals surface area (Å²) in [6.07, 6.45) is 1.03. The number of carbonyl (C=O) groups excluding carboxylic acids is 2. The van der Waals surface area contributed by atoms with Crippen molar-refractivity contribution in [3.05, 3.63) is 47.5 Å². The largest absolute Gasteiger partial charge is 0.484 e. The monoisotopic (exact) mass is 389 g/mol. The number of rotatable bonds is 5. The first-order valence-electron chi connectivity index (χ1n) is 8.21. The van der Waals surface area contributed by atoms with Gasteiger partial charge in [0.25, 0.3) is 5.91 Å². The molecule has 0 fully saturated rings. The van der Waals surface area contributed by atoms with Gasteiger partial charge >= 0.3 is 0 Å². The molecular weight excluding hydrogens is 370 g/mol. The Morgan fingerprint density at radius 3 is 2.74 bits per heavy atom. The van der Waals surface area contributed by atoms with Crippen LogP contribution in [0.15, 0.2) is 41.3 Å². The van der Waals surface area contributed by atoms with E-state index in [-0.39, 0.29) is 17.4 Å². The first kappa shape index (κ1) is 18.9. The van der Waals surface area contributed by atoms with E-state index in [9.17, 15) is 18.0 Å². The summed E-state index contributed by atoms with van der Waals surface area (Å²) in [6.45, 7) is 1.37. The zero-order valence-corrected chi connectivity index (χ0v) is 15.4. The number of anilines is 2. The molecule has 9 heteroatoms. The highest BCUT2D eigenvalue weighted by atomic mass is 32.2. The van der Waals surface area contributed by atoms with E-state index in [1.807, 2.05) is 0 Å². The van der Waals surface area contributed by atoms with Crippen LogP contribution in [0.3, 0.4) is 0 Å². The van der Waals surface area contributed by atoms with Crippen LogP contribution in [-0.4, -0.2) is 26.8 Å². The lowest BCUT2D eigenvalue weighted by atomic mass is 10.0. The Morgan fingerprint density at radius 2 is 2.00 bits per heavy atom. The Kier molecular flexibility index (Phi) is 5.15. The molecule has 0 radical (unpaired) electrons. The van der Waals surface area contributed by atoms with Crippen molar-refractivity contribution in [2.45, 2.75) is 24.7 Å². The minimum absolute atomic E-state index is 0.0208. The molecular formula is C18H19N3O5S. The molecule has 2 aromatic carbocycles. The number of aryl methyl sites for hydroxylation is 2. The fourth-order valence-corrected chi connectivity index (χ4v) is 3.59. The van der Waals surface area contributed by atoms with Crippen molar-refractivity contribution in [1.82, 2.24) is 0 Å². The number of fused-ring (bicyclic) bond motifs is 1. The average molecular weight is 389 g/mol. The summed E-state index contributed by atoms with van der Waals surface area (Å²) in [4.78, 5) is 23.4. The minimum atomic E-state index is -3.87. The van der Waals surface area contributed by atoms with Crippen LogP contribution >= 0.6 is 0 Å². The quantitative estimate of drug-likeness (QED) is 0.715. The molecule has 4 N–H and O–H groups in total. The van der Waals surface area contributed by atoms with Crippen LogP contribution in [0, 0.1) is 6.92 Å². The second kappa shape index (κ2) is 7.37. The van der Waals surface area contributed by atoms with Crippen molar-refractivity contribution in [3.63, 3.8) is 0 Å². The van der Waals surface area contributed by atoms with Crippen LogP contribution in [0.5, 0.6) is 5.75 Å². The van der Waals surface area contributed by atoms with Gasteiger partial charge in [-0.1, -0.05) is 6.07 Å². The number of amides is 2. The van der Waals surface area contributed by atoms with Crippen LogP contribution in [0.25, 0.3) is 0 Å². The SMILES string of the molecule is Cc1ccc(NC(=O)COc2ccc3c(c2)CCC(=O)N3)cc1S(N)(=O)=O. The maximum atomic E-state index is 12.1. The van der Waals surface area contributed by atoms with E-state index in [1.54, 1.807) is 37.3 Å². The molecule has 3 rings (SSSR count). The lowest BCUT2D eigenvalue weighted by Crippen LogP contribution is -2.21. The Hall–Kier alpha value is -2.91. The number of sulfonamides is 1. The average Bonchev–Trinajstić information content (AvgIpc) is 2.60. The zero-order chi connectivity index (χ0) is 19.6. The number of ether oxygens (including phenoxy) is 1. The molecule has 0 aromatic heterocycles. The van der Waals surface area contributed by atoms with Crippen LogP contribution in [0.4, 0.5) is 11.4 Å². The maximum absolute atomic E-state index is 12.1.